The Morgan fingerprint density at radius 1 is 1.24 bits per heavy atom. The van der Waals surface area contributed by atoms with Crippen molar-refractivity contribution in [3.8, 4) is 0 Å². The first-order chi connectivity index (χ1) is 8.29. The number of carbonyl (C=O) groups is 1. The number of piperazine rings is 1. The van der Waals surface area contributed by atoms with Crippen molar-refractivity contribution >= 4 is 5.91 Å². The molecule has 4 heteroatoms. The smallest absolute Gasteiger partial charge is 0.234 e. The fourth-order valence-corrected chi connectivity index (χ4v) is 3.12. The first-order valence-electron chi connectivity index (χ1n) is 7.03. The van der Waals surface area contributed by atoms with Gasteiger partial charge in [-0.05, 0) is 25.8 Å². The molecule has 98 valence electrons. The molecule has 1 aliphatic carbocycles. The molecule has 1 saturated carbocycles. The third-order valence-corrected chi connectivity index (χ3v) is 4.02. The third-order valence-electron chi connectivity index (χ3n) is 4.02. The molecular weight excluding hydrogens is 214 g/mol. The van der Waals surface area contributed by atoms with E-state index >= 15 is 0 Å². The summed E-state index contributed by atoms with van der Waals surface area (Å²) in [7, 11) is 0. The number of hydrogen-bond donors (Lipinski definition) is 2. The van der Waals surface area contributed by atoms with Gasteiger partial charge in [-0.3, -0.25) is 9.69 Å². The lowest BCUT2D eigenvalue weighted by Crippen LogP contribution is -2.57. The van der Waals surface area contributed by atoms with Gasteiger partial charge in [0.05, 0.1) is 6.54 Å². The number of rotatable bonds is 3. The van der Waals surface area contributed by atoms with Crippen LogP contribution in [-0.2, 0) is 4.79 Å². The number of hydrogen-bond acceptors (Lipinski definition) is 3. The lowest BCUT2D eigenvalue weighted by molar-refractivity contribution is -0.126. The molecule has 0 aromatic rings. The van der Waals surface area contributed by atoms with Gasteiger partial charge in [-0.1, -0.05) is 25.7 Å². The van der Waals surface area contributed by atoms with Gasteiger partial charge in [-0.25, -0.2) is 0 Å². The van der Waals surface area contributed by atoms with Gasteiger partial charge in [0.2, 0.25) is 5.91 Å². The second kappa shape index (κ2) is 6.36. The fourth-order valence-electron chi connectivity index (χ4n) is 3.12. The number of amides is 1. The molecule has 0 radical (unpaired) electrons. The lowest BCUT2D eigenvalue weighted by Gasteiger charge is -2.38. The van der Waals surface area contributed by atoms with E-state index in [0.29, 0.717) is 19.1 Å². The van der Waals surface area contributed by atoms with E-state index in [4.69, 9.17) is 5.73 Å². The lowest BCUT2D eigenvalue weighted by atomic mass is 10.0. The van der Waals surface area contributed by atoms with Crippen LogP contribution in [0.3, 0.4) is 0 Å². The van der Waals surface area contributed by atoms with E-state index in [1.165, 1.54) is 38.5 Å². The van der Waals surface area contributed by atoms with Crippen LogP contribution in [-0.4, -0.2) is 42.5 Å². The standard InChI is InChI=1S/C13H25N3O/c14-8-7-11-9-16(10-13(17)15-11)12-5-3-1-2-4-6-12/h11-12H,1-10,14H2,(H,15,17). The molecule has 0 aromatic heterocycles. The van der Waals surface area contributed by atoms with Crippen molar-refractivity contribution in [2.75, 3.05) is 19.6 Å². The van der Waals surface area contributed by atoms with Gasteiger partial charge >= 0.3 is 0 Å². The van der Waals surface area contributed by atoms with Crippen LogP contribution >= 0.6 is 0 Å². The maximum Gasteiger partial charge on any atom is 0.234 e. The summed E-state index contributed by atoms with van der Waals surface area (Å²) in [6, 6.07) is 0.897. The average Bonchev–Trinajstić information content (AvgIpc) is 2.57. The number of nitrogens with two attached hydrogens (primary N) is 1. The summed E-state index contributed by atoms with van der Waals surface area (Å²) in [6.07, 6.45) is 8.81. The molecule has 1 unspecified atom stereocenters. The maximum atomic E-state index is 11.7. The normalized spacial score (nSPS) is 28.8. The molecule has 2 aliphatic rings. The Kier molecular flexibility index (Phi) is 4.80. The van der Waals surface area contributed by atoms with Crippen molar-refractivity contribution in [2.45, 2.75) is 57.0 Å². The summed E-state index contributed by atoms with van der Waals surface area (Å²) in [5.41, 5.74) is 5.58. The first kappa shape index (κ1) is 12.8. The summed E-state index contributed by atoms with van der Waals surface area (Å²) < 4.78 is 0. The Balaban J connectivity index is 1.91. The highest BCUT2D eigenvalue weighted by molar-refractivity contribution is 5.79. The fraction of sp³-hybridized carbons (Fsp3) is 0.923. The molecule has 1 atom stereocenters. The van der Waals surface area contributed by atoms with E-state index in [9.17, 15) is 4.79 Å². The maximum absolute atomic E-state index is 11.7. The second-order valence-corrected chi connectivity index (χ2v) is 5.42. The third kappa shape index (κ3) is 3.68. The molecule has 2 fully saturated rings. The predicted molar refractivity (Wildman–Crippen MR) is 68.7 cm³/mol. The first-order valence-corrected chi connectivity index (χ1v) is 7.03. The zero-order valence-corrected chi connectivity index (χ0v) is 10.7. The van der Waals surface area contributed by atoms with Crippen molar-refractivity contribution in [2.24, 2.45) is 5.73 Å². The molecule has 4 nitrogen and oxygen atoms in total. The summed E-state index contributed by atoms with van der Waals surface area (Å²) in [4.78, 5) is 14.1. The summed E-state index contributed by atoms with van der Waals surface area (Å²) in [5, 5.41) is 3.04. The van der Waals surface area contributed by atoms with E-state index in [-0.39, 0.29) is 11.9 Å². The summed E-state index contributed by atoms with van der Waals surface area (Å²) in [6.45, 7) is 2.24. The van der Waals surface area contributed by atoms with E-state index < -0.39 is 0 Å². The van der Waals surface area contributed by atoms with Crippen LogP contribution in [0.2, 0.25) is 0 Å². The van der Waals surface area contributed by atoms with E-state index in [1.54, 1.807) is 0 Å². The highest BCUT2D eigenvalue weighted by Crippen LogP contribution is 2.23. The van der Waals surface area contributed by atoms with Crippen LogP contribution in [0.5, 0.6) is 0 Å². The highest BCUT2D eigenvalue weighted by Gasteiger charge is 2.29. The minimum Gasteiger partial charge on any atom is -0.351 e. The predicted octanol–water partition coefficient (Wildman–Crippen LogP) is 0.858. The monoisotopic (exact) mass is 239 g/mol. The van der Waals surface area contributed by atoms with Crippen molar-refractivity contribution in [1.29, 1.82) is 0 Å². The van der Waals surface area contributed by atoms with Crippen molar-refractivity contribution < 1.29 is 4.79 Å². The van der Waals surface area contributed by atoms with Gasteiger partial charge in [0.15, 0.2) is 0 Å². The minimum atomic E-state index is 0.180. The van der Waals surface area contributed by atoms with Crippen LogP contribution in [0.1, 0.15) is 44.9 Å². The summed E-state index contributed by atoms with van der Waals surface area (Å²) >= 11 is 0. The molecular formula is C13H25N3O. The summed E-state index contributed by atoms with van der Waals surface area (Å²) in [5.74, 6) is 0.180. The van der Waals surface area contributed by atoms with Gasteiger partial charge in [-0.15, -0.1) is 0 Å². The molecule has 3 N–H and O–H groups in total. The Hall–Kier alpha value is -0.610. The topological polar surface area (TPSA) is 58.4 Å². The van der Waals surface area contributed by atoms with Crippen LogP contribution in [0.15, 0.2) is 0 Å². The van der Waals surface area contributed by atoms with Gasteiger partial charge in [0.1, 0.15) is 0 Å². The molecule has 0 spiro atoms. The van der Waals surface area contributed by atoms with Crippen LogP contribution in [0, 0.1) is 0 Å². The number of nitrogens with zero attached hydrogens (tertiary/aromatic N) is 1. The number of carbonyl (C=O) groups excluding carboxylic acids is 1. The van der Waals surface area contributed by atoms with Crippen LogP contribution in [0.25, 0.3) is 0 Å². The number of nitrogens with one attached hydrogen (secondary N) is 1. The molecule has 1 heterocycles. The zero-order chi connectivity index (χ0) is 12.1. The SMILES string of the molecule is NCCC1CN(C2CCCCCC2)CC(=O)N1. The zero-order valence-electron chi connectivity index (χ0n) is 10.7. The molecule has 0 bridgehead atoms. The Bertz CT molecular complexity index is 249. The van der Waals surface area contributed by atoms with Gasteiger partial charge in [-0.2, -0.15) is 0 Å². The highest BCUT2D eigenvalue weighted by atomic mass is 16.2. The molecule has 17 heavy (non-hydrogen) atoms. The van der Waals surface area contributed by atoms with Crippen molar-refractivity contribution in [3.63, 3.8) is 0 Å². The van der Waals surface area contributed by atoms with E-state index in [1.807, 2.05) is 0 Å². The van der Waals surface area contributed by atoms with Gasteiger partial charge in [0, 0.05) is 18.6 Å². The van der Waals surface area contributed by atoms with Crippen LogP contribution in [0.4, 0.5) is 0 Å². The average molecular weight is 239 g/mol. The van der Waals surface area contributed by atoms with E-state index in [2.05, 4.69) is 10.2 Å². The van der Waals surface area contributed by atoms with Crippen LogP contribution < -0.4 is 11.1 Å². The molecule has 1 saturated heterocycles. The molecule has 1 amide bonds. The molecule has 0 aromatic carbocycles. The minimum absolute atomic E-state index is 0.180. The molecule has 2 rings (SSSR count). The second-order valence-electron chi connectivity index (χ2n) is 5.42. The Morgan fingerprint density at radius 3 is 2.59 bits per heavy atom. The van der Waals surface area contributed by atoms with Crippen molar-refractivity contribution in [3.05, 3.63) is 0 Å². The quantitative estimate of drug-likeness (QED) is 0.718. The van der Waals surface area contributed by atoms with Gasteiger partial charge in [0.25, 0.3) is 0 Å². The van der Waals surface area contributed by atoms with Crippen molar-refractivity contribution in [1.82, 2.24) is 10.2 Å². The van der Waals surface area contributed by atoms with Gasteiger partial charge < -0.3 is 11.1 Å². The van der Waals surface area contributed by atoms with E-state index in [0.717, 1.165) is 13.0 Å². The Morgan fingerprint density at radius 2 is 1.94 bits per heavy atom. The molecule has 1 aliphatic heterocycles. The Labute approximate surface area is 104 Å². The largest absolute Gasteiger partial charge is 0.351 e.